The van der Waals surface area contributed by atoms with E-state index in [1.807, 2.05) is 5.32 Å². The fourth-order valence-corrected chi connectivity index (χ4v) is 1.78. The summed E-state index contributed by atoms with van der Waals surface area (Å²) >= 11 is 0. The number of ether oxygens (including phenoxy) is 1. The Bertz CT molecular complexity index is 470. The second kappa shape index (κ2) is 8.34. The van der Waals surface area contributed by atoms with Crippen LogP contribution in [0.15, 0.2) is 0 Å². The molecule has 1 unspecified atom stereocenters. The van der Waals surface area contributed by atoms with Gasteiger partial charge in [0.15, 0.2) is 0 Å². The minimum atomic E-state index is -5.04. The minimum absolute atomic E-state index is 0.0238. The highest BCUT2D eigenvalue weighted by Crippen LogP contribution is 2.18. The molecule has 2 N–H and O–H groups in total. The molecule has 0 aliphatic carbocycles. The van der Waals surface area contributed by atoms with E-state index in [1.165, 1.54) is 0 Å². The Kier molecular flexibility index (Phi) is 7.72. The second-order valence-electron chi connectivity index (χ2n) is 6.92. The highest BCUT2D eigenvalue weighted by atomic mass is 19.4. The third kappa shape index (κ3) is 8.73. The quantitative estimate of drug-likeness (QED) is 0.768. The monoisotopic (exact) mass is 354 g/mol. The molecule has 9 heteroatoms. The van der Waals surface area contributed by atoms with Crippen LogP contribution in [0.3, 0.4) is 0 Å². The summed E-state index contributed by atoms with van der Waals surface area (Å²) in [5.74, 6) is -2.96. The summed E-state index contributed by atoms with van der Waals surface area (Å²) in [5, 5.41) is 4.30. The van der Waals surface area contributed by atoms with Crippen molar-refractivity contribution in [2.45, 2.75) is 71.8 Å². The first-order chi connectivity index (χ1) is 10.6. The van der Waals surface area contributed by atoms with Crippen molar-refractivity contribution in [3.8, 4) is 0 Å². The van der Waals surface area contributed by atoms with Gasteiger partial charge in [-0.25, -0.2) is 4.79 Å². The van der Waals surface area contributed by atoms with Crippen LogP contribution in [-0.2, 0) is 14.3 Å². The van der Waals surface area contributed by atoms with E-state index in [9.17, 15) is 27.6 Å². The van der Waals surface area contributed by atoms with Gasteiger partial charge >= 0.3 is 12.3 Å². The number of alkyl carbamates (subject to hydrolysis) is 1. The van der Waals surface area contributed by atoms with Crippen LogP contribution < -0.4 is 10.6 Å². The van der Waals surface area contributed by atoms with Gasteiger partial charge in [-0.05, 0) is 40.0 Å². The van der Waals surface area contributed by atoms with Crippen molar-refractivity contribution in [3.05, 3.63) is 0 Å². The highest BCUT2D eigenvalue weighted by molar-refractivity contribution is 5.94. The smallest absolute Gasteiger partial charge is 0.444 e. The molecule has 0 heterocycles. The zero-order valence-corrected chi connectivity index (χ0v) is 14.7. The first-order valence-corrected chi connectivity index (χ1v) is 7.54. The minimum Gasteiger partial charge on any atom is -0.444 e. The van der Waals surface area contributed by atoms with Crippen LogP contribution in [0.25, 0.3) is 0 Å². The Morgan fingerprint density at radius 2 is 1.50 bits per heavy atom. The van der Waals surface area contributed by atoms with Gasteiger partial charge in [0.1, 0.15) is 11.6 Å². The summed E-state index contributed by atoms with van der Waals surface area (Å²) < 4.78 is 42.1. The zero-order valence-electron chi connectivity index (χ0n) is 14.7. The Balaban J connectivity index is 4.95. The number of Topliss-reactive ketones (excluding diaryl/α,β-unsaturated/α-hetero) is 1. The number of ketones is 1. The fraction of sp³-hybridized carbons (Fsp3) is 0.800. The van der Waals surface area contributed by atoms with Gasteiger partial charge in [-0.1, -0.05) is 13.8 Å². The molecule has 0 fully saturated rings. The number of amides is 2. The molecule has 0 saturated heterocycles. The maximum Gasteiger partial charge on any atom is 0.452 e. The van der Waals surface area contributed by atoms with Gasteiger partial charge in [0.2, 0.25) is 5.91 Å². The van der Waals surface area contributed by atoms with Gasteiger partial charge in [0.25, 0.3) is 5.78 Å². The average molecular weight is 354 g/mol. The summed E-state index contributed by atoms with van der Waals surface area (Å²) in [6.45, 7) is 9.40. The molecule has 0 bridgehead atoms. The van der Waals surface area contributed by atoms with E-state index >= 15 is 0 Å². The first kappa shape index (κ1) is 22.2. The third-order valence-corrected chi connectivity index (χ3v) is 2.75. The van der Waals surface area contributed by atoms with Crippen LogP contribution in [0.1, 0.15) is 48.0 Å². The Morgan fingerprint density at radius 1 is 1.00 bits per heavy atom. The normalized spacial score (nSPS) is 14.8. The topological polar surface area (TPSA) is 84.5 Å². The Labute approximate surface area is 139 Å². The molecule has 140 valence electrons. The Morgan fingerprint density at radius 3 is 1.88 bits per heavy atom. The number of hydrogen-bond donors (Lipinski definition) is 2. The lowest BCUT2D eigenvalue weighted by molar-refractivity contribution is -0.173. The molecule has 0 rings (SSSR count). The molecule has 0 saturated carbocycles. The molecule has 6 nitrogen and oxygen atoms in total. The molecule has 0 aromatic rings. The highest BCUT2D eigenvalue weighted by Gasteiger charge is 2.42. The van der Waals surface area contributed by atoms with Crippen molar-refractivity contribution < 1.29 is 32.3 Å². The molecule has 24 heavy (non-hydrogen) atoms. The number of hydrogen-bond acceptors (Lipinski definition) is 4. The molecular formula is C15H25F3N2O4. The summed E-state index contributed by atoms with van der Waals surface area (Å²) in [5.41, 5.74) is -0.789. The lowest BCUT2D eigenvalue weighted by Crippen LogP contribution is -2.53. The molecule has 0 aromatic carbocycles. The first-order valence-electron chi connectivity index (χ1n) is 7.54. The van der Waals surface area contributed by atoms with E-state index in [0.717, 1.165) is 6.92 Å². The summed E-state index contributed by atoms with van der Waals surface area (Å²) in [6.07, 6.45) is -5.73. The van der Waals surface area contributed by atoms with Gasteiger partial charge in [0.05, 0.1) is 6.04 Å². The van der Waals surface area contributed by atoms with E-state index < -0.39 is 41.6 Å². The summed E-state index contributed by atoms with van der Waals surface area (Å²) in [4.78, 5) is 35.0. The standard InChI is InChI=1S/C15H25F3N2O4/c1-8(2)7-10(20-13(23)24-14(4,5)6)12(22)19-9(3)11(21)15(16,17)18/h8-10H,7H2,1-6H3,(H,19,22)(H,20,23)/t9?,10-/m0/s1. The van der Waals surface area contributed by atoms with E-state index in [-0.39, 0.29) is 12.3 Å². The van der Waals surface area contributed by atoms with Crippen LogP contribution in [0, 0.1) is 5.92 Å². The van der Waals surface area contributed by atoms with Crippen molar-refractivity contribution in [2.75, 3.05) is 0 Å². The van der Waals surface area contributed by atoms with Crippen LogP contribution >= 0.6 is 0 Å². The van der Waals surface area contributed by atoms with E-state index in [0.29, 0.717) is 0 Å². The molecule has 2 atom stereocenters. The van der Waals surface area contributed by atoms with Crippen molar-refractivity contribution in [3.63, 3.8) is 0 Å². The van der Waals surface area contributed by atoms with Crippen LogP contribution in [0.2, 0.25) is 0 Å². The molecule has 0 aliphatic heterocycles. The van der Waals surface area contributed by atoms with Crippen molar-refractivity contribution in [2.24, 2.45) is 5.92 Å². The molecule has 2 amide bonds. The molecule has 0 aromatic heterocycles. The number of nitrogens with one attached hydrogen (secondary N) is 2. The zero-order chi connectivity index (χ0) is 19.3. The molecule has 0 aliphatic rings. The van der Waals surface area contributed by atoms with Crippen LogP contribution in [0.4, 0.5) is 18.0 Å². The van der Waals surface area contributed by atoms with Gasteiger partial charge in [-0.15, -0.1) is 0 Å². The number of halogens is 3. The van der Waals surface area contributed by atoms with Crippen molar-refractivity contribution in [1.82, 2.24) is 10.6 Å². The van der Waals surface area contributed by atoms with Crippen LogP contribution in [0.5, 0.6) is 0 Å². The molecular weight excluding hydrogens is 329 g/mol. The number of carbonyl (C=O) groups excluding carboxylic acids is 3. The summed E-state index contributed by atoms with van der Waals surface area (Å²) in [7, 11) is 0. The van der Waals surface area contributed by atoms with Gasteiger partial charge in [0, 0.05) is 0 Å². The largest absolute Gasteiger partial charge is 0.452 e. The maximum absolute atomic E-state index is 12.4. The van der Waals surface area contributed by atoms with Gasteiger partial charge < -0.3 is 15.4 Å². The SMILES string of the molecule is CC(C)C[C@H](NC(=O)OC(C)(C)C)C(=O)NC(C)C(=O)C(F)(F)F. The predicted octanol–water partition coefficient (Wildman–Crippen LogP) is 2.56. The van der Waals surface area contributed by atoms with E-state index in [4.69, 9.17) is 4.74 Å². The predicted molar refractivity (Wildman–Crippen MR) is 81.3 cm³/mol. The molecule has 0 spiro atoms. The average Bonchev–Trinajstić information content (AvgIpc) is 2.32. The maximum atomic E-state index is 12.4. The van der Waals surface area contributed by atoms with E-state index in [1.54, 1.807) is 34.6 Å². The fourth-order valence-electron chi connectivity index (χ4n) is 1.78. The number of alkyl halides is 3. The van der Waals surface area contributed by atoms with Gasteiger partial charge in [-0.2, -0.15) is 13.2 Å². The summed E-state index contributed by atoms with van der Waals surface area (Å²) in [6, 6.07) is -2.85. The van der Waals surface area contributed by atoms with Crippen LogP contribution in [-0.4, -0.2) is 41.6 Å². The number of rotatable bonds is 6. The molecule has 0 radical (unpaired) electrons. The second-order valence-corrected chi connectivity index (χ2v) is 6.92. The van der Waals surface area contributed by atoms with Gasteiger partial charge in [-0.3, -0.25) is 9.59 Å². The Hall–Kier alpha value is -1.80. The lowest BCUT2D eigenvalue weighted by Gasteiger charge is -2.25. The third-order valence-electron chi connectivity index (χ3n) is 2.75. The number of carbonyl (C=O) groups is 3. The van der Waals surface area contributed by atoms with Crippen molar-refractivity contribution >= 4 is 17.8 Å². The van der Waals surface area contributed by atoms with Crippen molar-refractivity contribution in [1.29, 1.82) is 0 Å². The lowest BCUT2D eigenvalue weighted by atomic mass is 10.0. The van der Waals surface area contributed by atoms with E-state index in [2.05, 4.69) is 5.32 Å².